The second kappa shape index (κ2) is 6.38. The Hall–Kier alpha value is -0.380. The minimum atomic E-state index is 0.226. The monoisotopic (exact) mass is 280 g/mol. The molecule has 0 saturated heterocycles. The molecule has 0 aliphatic heterocycles. The minimum absolute atomic E-state index is 0.226. The molecule has 1 aliphatic rings. The third-order valence-electron chi connectivity index (χ3n) is 5.00. The van der Waals surface area contributed by atoms with Gasteiger partial charge in [-0.1, -0.05) is 13.0 Å². The van der Waals surface area contributed by atoms with E-state index in [0.29, 0.717) is 0 Å². The molecule has 1 unspecified atom stereocenters. The fraction of sp³-hybridized carbons (Fsp3) is 0.750. The molecule has 108 valence electrons. The van der Waals surface area contributed by atoms with Crippen LogP contribution in [0.5, 0.6) is 0 Å². The Bertz CT molecular complexity index is 364. The summed E-state index contributed by atoms with van der Waals surface area (Å²) in [5.74, 6) is 0.873. The molecule has 0 bridgehead atoms. The normalized spacial score (nSPS) is 29.6. The Balaban J connectivity index is 1.98. The summed E-state index contributed by atoms with van der Waals surface area (Å²) in [6, 6.07) is 4.65. The molecule has 3 heteroatoms. The molecule has 1 aromatic rings. The molecule has 0 radical (unpaired) electrons. The molecule has 1 heterocycles. The molecule has 2 rings (SSSR count). The van der Waals surface area contributed by atoms with Crippen LogP contribution in [0.25, 0.3) is 0 Å². The average Bonchev–Trinajstić information content (AvgIpc) is 2.90. The summed E-state index contributed by atoms with van der Waals surface area (Å²) < 4.78 is 0. The van der Waals surface area contributed by atoms with E-state index in [2.05, 4.69) is 43.4 Å². The SMILES string of the molecule is CC1CCC(C(N)CCc2cccs2)(N(C)C)CC1. The Morgan fingerprint density at radius 1 is 1.42 bits per heavy atom. The van der Waals surface area contributed by atoms with Crippen LogP contribution in [0.2, 0.25) is 0 Å². The first-order valence-corrected chi connectivity index (χ1v) is 8.38. The summed E-state index contributed by atoms with van der Waals surface area (Å²) in [7, 11) is 4.42. The lowest BCUT2D eigenvalue weighted by Gasteiger charge is -2.48. The van der Waals surface area contributed by atoms with Crippen LogP contribution in [-0.4, -0.2) is 30.6 Å². The molecular weight excluding hydrogens is 252 g/mol. The lowest BCUT2D eigenvalue weighted by molar-refractivity contribution is 0.0542. The number of aryl methyl sites for hydroxylation is 1. The van der Waals surface area contributed by atoms with Gasteiger partial charge < -0.3 is 10.6 Å². The highest BCUT2D eigenvalue weighted by molar-refractivity contribution is 7.09. The fourth-order valence-corrected chi connectivity index (χ4v) is 4.16. The number of hydrogen-bond donors (Lipinski definition) is 1. The van der Waals surface area contributed by atoms with E-state index in [1.54, 1.807) is 0 Å². The van der Waals surface area contributed by atoms with Gasteiger partial charge >= 0.3 is 0 Å². The molecule has 0 amide bonds. The zero-order valence-corrected chi connectivity index (χ0v) is 13.4. The molecule has 0 aromatic carbocycles. The summed E-state index contributed by atoms with van der Waals surface area (Å²) in [4.78, 5) is 3.87. The zero-order valence-electron chi connectivity index (χ0n) is 12.6. The molecule has 1 atom stereocenters. The molecule has 1 aliphatic carbocycles. The van der Waals surface area contributed by atoms with Gasteiger partial charge in [0.2, 0.25) is 0 Å². The summed E-state index contributed by atoms with van der Waals surface area (Å²) >= 11 is 1.85. The van der Waals surface area contributed by atoms with Crippen molar-refractivity contribution in [3.63, 3.8) is 0 Å². The lowest BCUT2D eigenvalue weighted by Crippen LogP contribution is -2.59. The quantitative estimate of drug-likeness (QED) is 0.894. The average molecular weight is 280 g/mol. The molecule has 1 fully saturated rings. The van der Waals surface area contributed by atoms with Crippen molar-refractivity contribution in [2.24, 2.45) is 11.7 Å². The number of likely N-dealkylation sites (N-methyl/N-ethyl adjacent to an activating group) is 1. The molecule has 19 heavy (non-hydrogen) atoms. The standard InChI is InChI=1S/C16H28N2S/c1-13-8-10-16(11-9-13,18(2)3)15(17)7-6-14-5-4-12-19-14/h4-5,12-13,15H,6-11,17H2,1-3H3. The van der Waals surface area contributed by atoms with Gasteiger partial charge in [-0.2, -0.15) is 0 Å². The third-order valence-corrected chi connectivity index (χ3v) is 5.94. The molecule has 0 spiro atoms. The third kappa shape index (κ3) is 3.39. The van der Waals surface area contributed by atoms with Crippen LogP contribution in [0.15, 0.2) is 17.5 Å². The van der Waals surface area contributed by atoms with E-state index >= 15 is 0 Å². The van der Waals surface area contributed by atoms with E-state index in [1.807, 2.05) is 11.3 Å². The van der Waals surface area contributed by atoms with Crippen molar-refractivity contribution >= 4 is 11.3 Å². The maximum absolute atomic E-state index is 6.61. The van der Waals surface area contributed by atoms with E-state index in [1.165, 1.54) is 30.6 Å². The Kier molecular flexibility index (Phi) is 5.04. The number of nitrogens with zero attached hydrogens (tertiary/aromatic N) is 1. The lowest BCUT2D eigenvalue weighted by atomic mass is 9.71. The minimum Gasteiger partial charge on any atom is -0.326 e. The van der Waals surface area contributed by atoms with E-state index in [-0.39, 0.29) is 11.6 Å². The van der Waals surface area contributed by atoms with Crippen molar-refractivity contribution in [3.8, 4) is 0 Å². The van der Waals surface area contributed by atoms with Crippen LogP contribution >= 0.6 is 11.3 Å². The maximum atomic E-state index is 6.61. The highest BCUT2D eigenvalue weighted by Crippen LogP contribution is 2.38. The Morgan fingerprint density at radius 2 is 2.11 bits per heavy atom. The summed E-state index contributed by atoms with van der Waals surface area (Å²) in [5.41, 5.74) is 6.84. The van der Waals surface area contributed by atoms with Crippen LogP contribution in [0, 0.1) is 5.92 Å². The van der Waals surface area contributed by atoms with E-state index < -0.39 is 0 Å². The fourth-order valence-electron chi connectivity index (χ4n) is 3.43. The van der Waals surface area contributed by atoms with Crippen LogP contribution in [0.1, 0.15) is 43.9 Å². The number of hydrogen-bond acceptors (Lipinski definition) is 3. The van der Waals surface area contributed by atoms with Crippen LogP contribution in [-0.2, 0) is 6.42 Å². The van der Waals surface area contributed by atoms with Crippen molar-refractivity contribution in [1.82, 2.24) is 4.90 Å². The van der Waals surface area contributed by atoms with Crippen LogP contribution < -0.4 is 5.73 Å². The first-order valence-electron chi connectivity index (χ1n) is 7.50. The maximum Gasteiger partial charge on any atom is 0.0354 e. The zero-order chi connectivity index (χ0) is 13.9. The predicted octanol–water partition coefficient (Wildman–Crippen LogP) is 3.52. The summed E-state index contributed by atoms with van der Waals surface area (Å²) in [6.07, 6.45) is 7.40. The molecule has 2 nitrogen and oxygen atoms in total. The van der Waals surface area contributed by atoms with Crippen LogP contribution in [0.4, 0.5) is 0 Å². The smallest absolute Gasteiger partial charge is 0.0354 e. The summed E-state index contributed by atoms with van der Waals surface area (Å²) in [5, 5.41) is 2.16. The van der Waals surface area contributed by atoms with Crippen molar-refractivity contribution in [1.29, 1.82) is 0 Å². The van der Waals surface area contributed by atoms with Crippen molar-refractivity contribution in [2.45, 2.75) is 57.0 Å². The van der Waals surface area contributed by atoms with Crippen LogP contribution in [0.3, 0.4) is 0 Å². The van der Waals surface area contributed by atoms with E-state index in [9.17, 15) is 0 Å². The van der Waals surface area contributed by atoms with Crippen molar-refractivity contribution < 1.29 is 0 Å². The number of rotatable bonds is 5. The first-order chi connectivity index (χ1) is 9.04. The number of nitrogens with two attached hydrogens (primary N) is 1. The Labute approximate surface area is 122 Å². The molecule has 2 N–H and O–H groups in total. The van der Waals surface area contributed by atoms with Gasteiger partial charge in [0.15, 0.2) is 0 Å². The van der Waals surface area contributed by atoms with Crippen molar-refractivity contribution in [3.05, 3.63) is 22.4 Å². The van der Waals surface area contributed by atoms with Gasteiger partial charge in [0.1, 0.15) is 0 Å². The highest BCUT2D eigenvalue weighted by atomic mass is 32.1. The Morgan fingerprint density at radius 3 is 2.63 bits per heavy atom. The highest BCUT2D eigenvalue weighted by Gasteiger charge is 2.40. The second-order valence-corrected chi connectivity index (χ2v) is 7.44. The van der Waals surface area contributed by atoms with Gasteiger partial charge in [-0.05, 0) is 70.0 Å². The van der Waals surface area contributed by atoms with Gasteiger partial charge in [-0.25, -0.2) is 0 Å². The van der Waals surface area contributed by atoms with E-state index in [4.69, 9.17) is 5.73 Å². The molecule has 1 saturated carbocycles. The molecular formula is C16H28N2S. The van der Waals surface area contributed by atoms with Gasteiger partial charge in [0, 0.05) is 16.5 Å². The van der Waals surface area contributed by atoms with Gasteiger partial charge in [0.25, 0.3) is 0 Å². The summed E-state index contributed by atoms with van der Waals surface area (Å²) in [6.45, 7) is 2.37. The largest absolute Gasteiger partial charge is 0.326 e. The second-order valence-electron chi connectivity index (χ2n) is 6.41. The first kappa shape index (κ1) is 15.0. The molecule has 1 aromatic heterocycles. The van der Waals surface area contributed by atoms with Gasteiger partial charge in [0.05, 0.1) is 0 Å². The topological polar surface area (TPSA) is 29.3 Å². The van der Waals surface area contributed by atoms with E-state index in [0.717, 1.165) is 18.8 Å². The van der Waals surface area contributed by atoms with Gasteiger partial charge in [-0.3, -0.25) is 0 Å². The number of thiophene rings is 1. The predicted molar refractivity (Wildman–Crippen MR) is 84.7 cm³/mol. The van der Waals surface area contributed by atoms with Gasteiger partial charge in [-0.15, -0.1) is 11.3 Å². The van der Waals surface area contributed by atoms with Crippen molar-refractivity contribution in [2.75, 3.05) is 14.1 Å².